The van der Waals surface area contributed by atoms with Crippen LogP contribution >= 0.6 is 23.5 Å². The van der Waals surface area contributed by atoms with Gasteiger partial charge in [-0.1, -0.05) is 0 Å². The molecule has 0 atom stereocenters. The third-order valence-electron chi connectivity index (χ3n) is 2.10. The summed E-state index contributed by atoms with van der Waals surface area (Å²) in [6.45, 7) is 0. The van der Waals surface area contributed by atoms with Crippen LogP contribution in [0.4, 0.5) is 5.69 Å². The molecule has 1 N–H and O–H groups in total. The van der Waals surface area contributed by atoms with Gasteiger partial charge in [-0.3, -0.25) is 10.1 Å². The van der Waals surface area contributed by atoms with Crippen molar-refractivity contribution in [3.05, 3.63) is 33.9 Å². The number of nitro benzene ring substituents is 1. The Morgan fingerprint density at radius 3 is 2.67 bits per heavy atom. The highest BCUT2D eigenvalue weighted by Crippen LogP contribution is 2.48. The Balaban J connectivity index is 2.35. The minimum atomic E-state index is -0.437. The van der Waals surface area contributed by atoms with Crippen molar-refractivity contribution in [3.8, 4) is 5.75 Å². The van der Waals surface area contributed by atoms with Crippen molar-refractivity contribution in [2.45, 2.75) is 4.58 Å². The Morgan fingerprint density at radius 1 is 1.40 bits per heavy atom. The lowest BCUT2D eigenvalue weighted by Crippen LogP contribution is -1.92. The molecule has 0 bridgehead atoms. The molecule has 1 saturated heterocycles. The van der Waals surface area contributed by atoms with Crippen molar-refractivity contribution in [3.63, 3.8) is 0 Å². The molecule has 80 valence electrons. The van der Waals surface area contributed by atoms with Crippen LogP contribution in [-0.2, 0) is 0 Å². The molecule has 0 amide bonds. The van der Waals surface area contributed by atoms with Crippen molar-refractivity contribution >= 4 is 29.2 Å². The number of benzene rings is 1. The molecule has 1 fully saturated rings. The monoisotopic (exact) mass is 243 g/mol. The molecule has 15 heavy (non-hydrogen) atoms. The van der Waals surface area contributed by atoms with E-state index in [9.17, 15) is 15.2 Å². The minimum absolute atomic E-state index is 0.0379. The third kappa shape index (κ3) is 2.21. The highest BCUT2D eigenvalue weighted by atomic mass is 32.2. The maximum Gasteiger partial charge on any atom is 0.270 e. The second-order valence-corrected chi connectivity index (χ2v) is 5.80. The number of hydrogen-bond acceptors (Lipinski definition) is 5. The van der Waals surface area contributed by atoms with E-state index in [4.69, 9.17) is 0 Å². The number of phenolic OH excluding ortho intramolecular Hbond substituents is 1. The maximum absolute atomic E-state index is 10.6. The lowest BCUT2D eigenvalue weighted by Gasteiger charge is -2.09. The second kappa shape index (κ2) is 4.32. The standard InChI is InChI=1S/C9H9NO3S2/c11-8-2-1-6(10(12)13)5-7(8)9-14-3-4-15-9/h1-2,5,9,11H,3-4H2. The SMILES string of the molecule is O=[N+]([O-])c1ccc(O)c(C2SCCS2)c1. The summed E-state index contributed by atoms with van der Waals surface area (Å²) in [6.07, 6.45) is 0. The number of nitro groups is 1. The molecular formula is C9H9NO3S2. The Hall–Kier alpha value is -0.880. The van der Waals surface area contributed by atoms with Gasteiger partial charge in [0.05, 0.1) is 9.51 Å². The summed E-state index contributed by atoms with van der Waals surface area (Å²) >= 11 is 3.42. The molecule has 1 aromatic rings. The van der Waals surface area contributed by atoms with Gasteiger partial charge in [0.25, 0.3) is 5.69 Å². The third-order valence-corrected chi connectivity index (χ3v) is 5.17. The van der Waals surface area contributed by atoms with Gasteiger partial charge < -0.3 is 5.11 Å². The van der Waals surface area contributed by atoms with Crippen LogP contribution in [0.25, 0.3) is 0 Å². The van der Waals surface area contributed by atoms with E-state index in [1.165, 1.54) is 18.2 Å². The van der Waals surface area contributed by atoms with Crippen LogP contribution in [0.5, 0.6) is 5.75 Å². The molecule has 6 heteroatoms. The largest absolute Gasteiger partial charge is 0.508 e. The van der Waals surface area contributed by atoms with E-state index in [1.807, 2.05) is 0 Å². The molecule has 0 radical (unpaired) electrons. The lowest BCUT2D eigenvalue weighted by atomic mass is 10.2. The van der Waals surface area contributed by atoms with Crippen LogP contribution in [0.3, 0.4) is 0 Å². The van der Waals surface area contributed by atoms with Gasteiger partial charge in [-0.15, -0.1) is 23.5 Å². The van der Waals surface area contributed by atoms with Crippen LogP contribution in [0.15, 0.2) is 18.2 Å². The number of non-ortho nitro benzene ring substituents is 1. The molecule has 1 aliphatic rings. The van der Waals surface area contributed by atoms with Crippen molar-refractivity contribution in [1.29, 1.82) is 0 Å². The summed E-state index contributed by atoms with van der Waals surface area (Å²) in [6, 6.07) is 4.18. The first-order valence-corrected chi connectivity index (χ1v) is 6.49. The summed E-state index contributed by atoms with van der Waals surface area (Å²) in [5.41, 5.74) is 0.701. The predicted molar refractivity (Wildman–Crippen MR) is 62.4 cm³/mol. The average molecular weight is 243 g/mol. The quantitative estimate of drug-likeness (QED) is 0.639. The van der Waals surface area contributed by atoms with E-state index < -0.39 is 4.92 Å². The average Bonchev–Trinajstić information content (AvgIpc) is 2.71. The molecule has 0 spiro atoms. The van der Waals surface area contributed by atoms with Crippen molar-refractivity contribution in [2.24, 2.45) is 0 Å². The van der Waals surface area contributed by atoms with Crippen molar-refractivity contribution in [2.75, 3.05) is 11.5 Å². The summed E-state index contributed by atoms with van der Waals surface area (Å²) in [7, 11) is 0. The van der Waals surface area contributed by atoms with Crippen LogP contribution in [0.1, 0.15) is 10.1 Å². The fraction of sp³-hybridized carbons (Fsp3) is 0.333. The molecule has 1 heterocycles. The van der Waals surface area contributed by atoms with Gasteiger partial charge in [0.15, 0.2) is 0 Å². The molecule has 2 rings (SSSR count). The van der Waals surface area contributed by atoms with Crippen LogP contribution < -0.4 is 0 Å². The van der Waals surface area contributed by atoms with Gasteiger partial charge >= 0.3 is 0 Å². The number of aromatic hydroxyl groups is 1. The van der Waals surface area contributed by atoms with Gasteiger partial charge in [-0.2, -0.15) is 0 Å². The zero-order chi connectivity index (χ0) is 10.8. The Bertz CT molecular complexity index is 391. The topological polar surface area (TPSA) is 63.4 Å². The number of hydrogen-bond donors (Lipinski definition) is 1. The van der Waals surface area contributed by atoms with E-state index in [-0.39, 0.29) is 16.0 Å². The van der Waals surface area contributed by atoms with Gasteiger partial charge in [0.1, 0.15) is 5.75 Å². The first-order chi connectivity index (χ1) is 7.18. The number of phenols is 1. The van der Waals surface area contributed by atoms with Crippen LogP contribution in [0, 0.1) is 10.1 Å². The highest BCUT2D eigenvalue weighted by Gasteiger charge is 2.23. The van der Waals surface area contributed by atoms with Crippen LogP contribution in [-0.4, -0.2) is 21.5 Å². The minimum Gasteiger partial charge on any atom is -0.508 e. The normalized spacial score (nSPS) is 16.8. The van der Waals surface area contributed by atoms with Gasteiger partial charge in [0, 0.05) is 29.2 Å². The maximum atomic E-state index is 10.6. The number of rotatable bonds is 2. The van der Waals surface area contributed by atoms with Gasteiger partial charge in [0.2, 0.25) is 0 Å². The second-order valence-electron chi connectivity index (χ2n) is 3.07. The smallest absolute Gasteiger partial charge is 0.270 e. The fourth-order valence-electron chi connectivity index (χ4n) is 1.38. The Morgan fingerprint density at radius 2 is 2.07 bits per heavy atom. The van der Waals surface area contributed by atoms with E-state index >= 15 is 0 Å². The predicted octanol–water partition coefficient (Wildman–Crippen LogP) is 2.78. The van der Waals surface area contributed by atoms with Crippen molar-refractivity contribution < 1.29 is 10.0 Å². The van der Waals surface area contributed by atoms with E-state index in [2.05, 4.69) is 0 Å². The molecule has 0 saturated carbocycles. The number of thioether (sulfide) groups is 2. The molecule has 1 aliphatic heterocycles. The molecule has 0 unspecified atom stereocenters. The van der Waals surface area contributed by atoms with E-state index in [0.29, 0.717) is 5.56 Å². The highest BCUT2D eigenvalue weighted by molar-refractivity contribution is 8.19. The molecule has 4 nitrogen and oxygen atoms in total. The van der Waals surface area contributed by atoms with Crippen LogP contribution in [0.2, 0.25) is 0 Å². The molecule has 1 aromatic carbocycles. The summed E-state index contributed by atoms with van der Waals surface area (Å²) < 4.78 is 0.130. The lowest BCUT2D eigenvalue weighted by molar-refractivity contribution is -0.384. The molecule has 0 aliphatic carbocycles. The summed E-state index contributed by atoms with van der Waals surface area (Å²) in [4.78, 5) is 10.2. The summed E-state index contributed by atoms with van der Waals surface area (Å²) in [5, 5.41) is 20.2. The Kier molecular flexibility index (Phi) is 3.06. The van der Waals surface area contributed by atoms with E-state index in [0.717, 1.165) is 11.5 Å². The van der Waals surface area contributed by atoms with Gasteiger partial charge in [-0.25, -0.2) is 0 Å². The first kappa shape index (κ1) is 10.6. The first-order valence-electron chi connectivity index (χ1n) is 4.39. The molecular weight excluding hydrogens is 234 g/mol. The van der Waals surface area contributed by atoms with Crippen molar-refractivity contribution in [1.82, 2.24) is 0 Å². The molecule has 0 aromatic heterocycles. The Labute approximate surface area is 95.2 Å². The fourth-order valence-corrected chi connectivity index (χ4v) is 4.28. The zero-order valence-electron chi connectivity index (χ0n) is 7.75. The zero-order valence-corrected chi connectivity index (χ0v) is 9.38. The van der Waals surface area contributed by atoms with E-state index in [1.54, 1.807) is 23.5 Å². The number of nitrogens with zero attached hydrogens (tertiary/aromatic N) is 1. The van der Waals surface area contributed by atoms with Gasteiger partial charge in [-0.05, 0) is 6.07 Å². The summed E-state index contributed by atoms with van der Waals surface area (Å²) in [5.74, 6) is 2.20.